The zero-order valence-corrected chi connectivity index (χ0v) is 14.1. The average molecular weight is 331 g/mol. The Labute approximate surface area is 146 Å². The lowest BCUT2D eigenvalue weighted by Gasteiger charge is -2.24. The average Bonchev–Trinajstić information content (AvgIpc) is 3.24. The third kappa shape index (κ3) is 2.47. The van der Waals surface area contributed by atoms with Crippen LogP contribution in [0.4, 0.5) is 5.82 Å². The Morgan fingerprint density at radius 2 is 2.00 bits per heavy atom. The van der Waals surface area contributed by atoms with Crippen LogP contribution in [-0.2, 0) is 0 Å². The van der Waals surface area contributed by atoms with Crippen molar-refractivity contribution in [2.24, 2.45) is 0 Å². The van der Waals surface area contributed by atoms with Crippen LogP contribution in [0.25, 0.3) is 27.9 Å². The second kappa shape index (κ2) is 5.92. The first-order chi connectivity index (χ1) is 12.4. The van der Waals surface area contributed by atoms with Gasteiger partial charge in [-0.15, -0.1) is 0 Å². The topological polar surface area (TPSA) is 58.0 Å². The summed E-state index contributed by atoms with van der Waals surface area (Å²) in [5, 5.41) is 4.90. The molecule has 0 radical (unpaired) electrons. The summed E-state index contributed by atoms with van der Waals surface area (Å²) in [7, 11) is 0. The van der Waals surface area contributed by atoms with Gasteiger partial charge in [-0.3, -0.25) is 4.40 Å². The van der Waals surface area contributed by atoms with Gasteiger partial charge in [-0.05, 0) is 37.1 Å². The molecular weight excluding hydrogens is 310 g/mol. The van der Waals surface area contributed by atoms with Gasteiger partial charge >= 0.3 is 0 Å². The summed E-state index contributed by atoms with van der Waals surface area (Å²) < 4.78 is 2.17. The van der Waals surface area contributed by atoms with Crippen LogP contribution in [0.1, 0.15) is 32.1 Å². The van der Waals surface area contributed by atoms with E-state index in [-0.39, 0.29) is 0 Å². The van der Waals surface area contributed by atoms with Gasteiger partial charge in [0.15, 0.2) is 0 Å². The van der Waals surface area contributed by atoms with Crippen molar-refractivity contribution in [3.05, 3.63) is 48.9 Å². The van der Waals surface area contributed by atoms with Gasteiger partial charge in [0.05, 0.1) is 0 Å². The number of nitrogens with one attached hydrogen (secondary N) is 2. The van der Waals surface area contributed by atoms with Crippen molar-refractivity contribution < 1.29 is 0 Å². The zero-order chi connectivity index (χ0) is 16.6. The van der Waals surface area contributed by atoms with Crippen molar-refractivity contribution in [2.75, 3.05) is 5.32 Å². The van der Waals surface area contributed by atoms with Gasteiger partial charge in [0.1, 0.15) is 22.8 Å². The van der Waals surface area contributed by atoms with E-state index in [1.807, 2.05) is 24.5 Å². The van der Waals surface area contributed by atoms with Crippen molar-refractivity contribution in [3.63, 3.8) is 0 Å². The number of nitrogens with zero attached hydrogens (tertiary/aromatic N) is 3. The molecule has 25 heavy (non-hydrogen) atoms. The Kier molecular flexibility index (Phi) is 3.44. The molecule has 0 unspecified atom stereocenters. The van der Waals surface area contributed by atoms with E-state index in [0.717, 1.165) is 33.8 Å². The van der Waals surface area contributed by atoms with Gasteiger partial charge in [-0.25, -0.2) is 9.97 Å². The molecule has 0 saturated heterocycles. The molecule has 0 atom stereocenters. The predicted octanol–water partition coefficient (Wildman–Crippen LogP) is 4.62. The molecule has 1 fully saturated rings. The lowest BCUT2D eigenvalue weighted by molar-refractivity contribution is 0.462. The molecule has 5 rings (SSSR count). The number of rotatable bonds is 3. The number of H-pyrrole nitrogens is 1. The lowest BCUT2D eigenvalue weighted by atomic mass is 9.95. The Morgan fingerprint density at radius 1 is 1.08 bits per heavy atom. The molecule has 4 heterocycles. The Balaban J connectivity index is 1.67. The summed E-state index contributed by atoms with van der Waals surface area (Å²) in [6, 6.07) is 10.7. The molecule has 0 spiro atoms. The van der Waals surface area contributed by atoms with Gasteiger partial charge in [0.25, 0.3) is 0 Å². The van der Waals surface area contributed by atoms with Crippen LogP contribution < -0.4 is 5.32 Å². The molecule has 1 aliphatic carbocycles. The third-order valence-corrected chi connectivity index (χ3v) is 5.18. The fourth-order valence-electron chi connectivity index (χ4n) is 3.91. The van der Waals surface area contributed by atoms with Gasteiger partial charge in [0, 0.05) is 35.6 Å². The van der Waals surface area contributed by atoms with E-state index in [1.54, 1.807) is 0 Å². The van der Waals surface area contributed by atoms with Crippen LogP contribution in [0.5, 0.6) is 0 Å². The second-order valence-electron chi connectivity index (χ2n) is 6.82. The van der Waals surface area contributed by atoms with Crippen LogP contribution in [0.3, 0.4) is 0 Å². The zero-order valence-electron chi connectivity index (χ0n) is 14.1. The fourth-order valence-corrected chi connectivity index (χ4v) is 3.91. The number of aromatic amines is 1. The molecule has 4 aromatic heterocycles. The van der Waals surface area contributed by atoms with Gasteiger partial charge in [0.2, 0.25) is 0 Å². The molecule has 0 bridgehead atoms. The van der Waals surface area contributed by atoms with Crippen LogP contribution >= 0.6 is 0 Å². The quantitative estimate of drug-likeness (QED) is 0.576. The van der Waals surface area contributed by atoms with Crippen molar-refractivity contribution >= 4 is 22.5 Å². The number of anilines is 1. The summed E-state index contributed by atoms with van der Waals surface area (Å²) in [6.07, 6.45) is 12.3. The summed E-state index contributed by atoms with van der Waals surface area (Å²) in [4.78, 5) is 12.6. The van der Waals surface area contributed by atoms with Gasteiger partial charge in [-0.2, -0.15) is 0 Å². The summed E-state index contributed by atoms with van der Waals surface area (Å²) in [5.41, 5.74) is 3.97. The molecule has 1 aliphatic rings. The fraction of sp³-hybridized carbons (Fsp3) is 0.300. The Hall–Kier alpha value is -2.82. The third-order valence-electron chi connectivity index (χ3n) is 5.18. The Bertz CT molecular complexity index is 1020. The molecule has 0 aromatic carbocycles. The smallest absolute Gasteiger partial charge is 0.139 e. The predicted molar refractivity (Wildman–Crippen MR) is 101 cm³/mol. The van der Waals surface area contributed by atoms with Crippen LogP contribution in [0, 0.1) is 0 Å². The van der Waals surface area contributed by atoms with Crippen LogP contribution in [0.2, 0.25) is 0 Å². The van der Waals surface area contributed by atoms with E-state index in [0.29, 0.717) is 6.04 Å². The summed E-state index contributed by atoms with van der Waals surface area (Å²) in [5.74, 6) is 1.09. The van der Waals surface area contributed by atoms with Crippen molar-refractivity contribution in [1.82, 2.24) is 19.4 Å². The van der Waals surface area contributed by atoms with Crippen molar-refractivity contribution in [3.8, 4) is 11.3 Å². The maximum Gasteiger partial charge on any atom is 0.139 e. The number of fused-ring (bicyclic) bond motifs is 2. The molecule has 2 N–H and O–H groups in total. The normalized spacial score (nSPS) is 15.8. The minimum atomic E-state index is 0.524. The number of imidazole rings is 1. The number of pyridine rings is 2. The van der Waals surface area contributed by atoms with E-state index >= 15 is 0 Å². The van der Waals surface area contributed by atoms with E-state index in [9.17, 15) is 0 Å². The monoisotopic (exact) mass is 331 g/mol. The van der Waals surface area contributed by atoms with Crippen LogP contribution in [0.15, 0.2) is 48.9 Å². The number of hydrogen-bond donors (Lipinski definition) is 2. The molecule has 126 valence electrons. The van der Waals surface area contributed by atoms with E-state index < -0.39 is 0 Å². The van der Waals surface area contributed by atoms with Gasteiger partial charge < -0.3 is 10.3 Å². The molecule has 5 heteroatoms. The SMILES string of the molecule is c1cnc2[nH]cc(-c3nc4ccccn4c3NC3CCCCC3)c2c1. The van der Waals surface area contributed by atoms with E-state index in [2.05, 4.69) is 44.1 Å². The molecule has 4 aromatic rings. The first kappa shape index (κ1) is 14.5. The molecule has 0 aliphatic heterocycles. The van der Waals surface area contributed by atoms with Crippen molar-refractivity contribution in [1.29, 1.82) is 0 Å². The van der Waals surface area contributed by atoms with E-state index in [4.69, 9.17) is 4.98 Å². The lowest BCUT2D eigenvalue weighted by Crippen LogP contribution is -2.23. The molecule has 0 amide bonds. The minimum absolute atomic E-state index is 0.524. The van der Waals surface area contributed by atoms with E-state index in [1.165, 1.54) is 32.1 Å². The maximum atomic E-state index is 4.92. The number of hydrogen-bond acceptors (Lipinski definition) is 3. The van der Waals surface area contributed by atoms with Crippen LogP contribution in [-0.4, -0.2) is 25.4 Å². The highest BCUT2D eigenvalue weighted by atomic mass is 15.1. The standard InChI is InChI=1S/C20H21N5/c1-2-7-14(8-3-1)23-20-18(24-17-10-4-5-12-25(17)20)16-13-22-19-15(16)9-6-11-21-19/h4-6,9-14,23H,1-3,7-8H2,(H,21,22). The van der Waals surface area contributed by atoms with Gasteiger partial charge in [-0.1, -0.05) is 25.3 Å². The highest BCUT2D eigenvalue weighted by Gasteiger charge is 2.21. The highest BCUT2D eigenvalue weighted by Crippen LogP contribution is 2.34. The summed E-state index contributed by atoms with van der Waals surface area (Å²) in [6.45, 7) is 0. The maximum absolute atomic E-state index is 4.92. The molecular formula is C20H21N5. The summed E-state index contributed by atoms with van der Waals surface area (Å²) >= 11 is 0. The first-order valence-corrected chi connectivity index (χ1v) is 9.06. The first-order valence-electron chi connectivity index (χ1n) is 9.06. The number of aromatic nitrogens is 4. The Morgan fingerprint density at radius 3 is 2.92 bits per heavy atom. The second-order valence-corrected chi connectivity index (χ2v) is 6.82. The van der Waals surface area contributed by atoms with Crippen molar-refractivity contribution in [2.45, 2.75) is 38.1 Å². The highest BCUT2D eigenvalue weighted by molar-refractivity contribution is 5.96. The molecule has 1 saturated carbocycles. The minimum Gasteiger partial charge on any atom is -0.367 e. The largest absolute Gasteiger partial charge is 0.367 e. The molecule has 5 nitrogen and oxygen atoms in total.